The predicted molar refractivity (Wildman–Crippen MR) is 71.7 cm³/mol. The lowest BCUT2D eigenvalue weighted by Gasteiger charge is -2.21. The molecule has 0 spiro atoms. The number of hydrogen-bond acceptors (Lipinski definition) is 3. The molecule has 0 unspecified atom stereocenters. The van der Waals surface area contributed by atoms with Crippen LogP contribution in [0.4, 0.5) is 13.2 Å². The number of aliphatic hydroxyl groups is 1. The standard InChI is InChI=1S/C13H18F3NO3S/c1-2-3-4-5-17(6-7-18)21(19,20)13-9-11(15)10(14)8-12(13)16/h8-9,18H,2-7H2,1H3. The average Bonchev–Trinajstić information content (AvgIpc) is 2.41. The van der Waals surface area contributed by atoms with Crippen molar-refractivity contribution >= 4 is 10.0 Å². The highest BCUT2D eigenvalue weighted by Gasteiger charge is 2.28. The lowest BCUT2D eigenvalue weighted by atomic mass is 10.2. The van der Waals surface area contributed by atoms with Crippen molar-refractivity contribution in [1.29, 1.82) is 0 Å². The summed E-state index contributed by atoms with van der Waals surface area (Å²) in [6.45, 7) is 1.33. The summed E-state index contributed by atoms with van der Waals surface area (Å²) in [5.41, 5.74) is 0. The average molecular weight is 325 g/mol. The second-order valence-corrected chi connectivity index (χ2v) is 6.44. The zero-order chi connectivity index (χ0) is 16.0. The van der Waals surface area contributed by atoms with E-state index < -0.39 is 39.0 Å². The molecule has 0 bridgehead atoms. The molecule has 0 amide bonds. The van der Waals surface area contributed by atoms with Crippen LogP contribution in [-0.2, 0) is 10.0 Å². The van der Waals surface area contributed by atoms with Crippen molar-refractivity contribution in [2.45, 2.75) is 31.1 Å². The number of rotatable bonds is 8. The van der Waals surface area contributed by atoms with Gasteiger partial charge in [-0.25, -0.2) is 21.6 Å². The molecule has 1 N–H and O–H groups in total. The van der Waals surface area contributed by atoms with Gasteiger partial charge in [0.05, 0.1) is 6.61 Å². The first kappa shape index (κ1) is 17.9. The minimum atomic E-state index is -4.32. The third-order valence-electron chi connectivity index (χ3n) is 2.95. The van der Waals surface area contributed by atoms with E-state index >= 15 is 0 Å². The van der Waals surface area contributed by atoms with E-state index in [1.807, 2.05) is 6.92 Å². The fourth-order valence-corrected chi connectivity index (χ4v) is 3.37. The van der Waals surface area contributed by atoms with Crippen LogP contribution in [0.2, 0.25) is 0 Å². The molecule has 0 fully saturated rings. The molecule has 1 aromatic rings. The van der Waals surface area contributed by atoms with Gasteiger partial charge in [0.25, 0.3) is 0 Å². The number of hydrogen-bond donors (Lipinski definition) is 1. The molecule has 4 nitrogen and oxygen atoms in total. The fraction of sp³-hybridized carbons (Fsp3) is 0.538. The number of benzene rings is 1. The highest BCUT2D eigenvalue weighted by atomic mass is 32.2. The van der Waals surface area contributed by atoms with E-state index in [0.717, 1.165) is 17.1 Å². The van der Waals surface area contributed by atoms with Crippen LogP contribution in [0.25, 0.3) is 0 Å². The molecule has 0 saturated carbocycles. The van der Waals surface area contributed by atoms with Crippen LogP contribution >= 0.6 is 0 Å². The van der Waals surface area contributed by atoms with Gasteiger partial charge in [-0.05, 0) is 12.5 Å². The summed E-state index contributed by atoms with van der Waals surface area (Å²) in [6, 6.07) is 0.523. The first-order chi connectivity index (χ1) is 9.84. The van der Waals surface area contributed by atoms with Crippen LogP contribution in [0.15, 0.2) is 17.0 Å². The Morgan fingerprint density at radius 1 is 1.05 bits per heavy atom. The van der Waals surface area contributed by atoms with Gasteiger partial charge in [-0.15, -0.1) is 0 Å². The van der Waals surface area contributed by atoms with Crippen LogP contribution in [0.5, 0.6) is 0 Å². The molecule has 0 atom stereocenters. The lowest BCUT2D eigenvalue weighted by molar-refractivity contribution is 0.251. The minimum Gasteiger partial charge on any atom is -0.395 e. The first-order valence-electron chi connectivity index (χ1n) is 6.60. The monoisotopic (exact) mass is 325 g/mol. The normalized spacial score (nSPS) is 12.1. The van der Waals surface area contributed by atoms with Crippen molar-refractivity contribution in [3.05, 3.63) is 29.6 Å². The summed E-state index contributed by atoms with van der Waals surface area (Å²) in [5.74, 6) is -4.24. The number of aliphatic hydroxyl groups excluding tert-OH is 1. The Labute approximate surface area is 122 Å². The van der Waals surface area contributed by atoms with Crippen molar-refractivity contribution < 1.29 is 26.7 Å². The van der Waals surface area contributed by atoms with Crippen molar-refractivity contribution in [3.8, 4) is 0 Å². The lowest BCUT2D eigenvalue weighted by Crippen LogP contribution is -2.35. The molecule has 0 saturated heterocycles. The van der Waals surface area contributed by atoms with Gasteiger partial charge < -0.3 is 5.11 Å². The third-order valence-corrected chi connectivity index (χ3v) is 4.87. The maximum Gasteiger partial charge on any atom is 0.246 e. The summed E-state index contributed by atoms with van der Waals surface area (Å²) in [7, 11) is -4.32. The summed E-state index contributed by atoms with van der Waals surface area (Å²) in [6.07, 6.45) is 2.14. The Morgan fingerprint density at radius 3 is 2.24 bits per heavy atom. The largest absolute Gasteiger partial charge is 0.395 e. The molecule has 0 aromatic heterocycles. The molecule has 0 heterocycles. The van der Waals surface area contributed by atoms with Crippen LogP contribution < -0.4 is 0 Å². The van der Waals surface area contributed by atoms with E-state index in [9.17, 15) is 21.6 Å². The quantitative estimate of drug-likeness (QED) is 0.589. The molecule has 0 aliphatic rings. The van der Waals surface area contributed by atoms with Crippen molar-refractivity contribution in [2.75, 3.05) is 19.7 Å². The topological polar surface area (TPSA) is 57.6 Å². The van der Waals surface area contributed by atoms with Crippen LogP contribution in [0, 0.1) is 17.5 Å². The highest BCUT2D eigenvalue weighted by molar-refractivity contribution is 7.89. The van der Waals surface area contributed by atoms with Gasteiger partial charge in [0.2, 0.25) is 10.0 Å². The van der Waals surface area contributed by atoms with E-state index in [2.05, 4.69) is 0 Å². The molecule has 1 aromatic carbocycles. The van der Waals surface area contributed by atoms with Crippen molar-refractivity contribution in [1.82, 2.24) is 4.31 Å². The molecule has 0 radical (unpaired) electrons. The Hall–Kier alpha value is -1.12. The van der Waals surface area contributed by atoms with E-state index in [4.69, 9.17) is 5.11 Å². The van der Waals surface area contributed by atoms with Crippen molar-refractivity contribution in [3.63, 3.8) is 0 Å². The second-order valence-electron chi connectivity index (χ2n) is 4.53. The highest BCUT2D eigenvalue weighted by Crippen LogP contribution is 2.22. The Morgan fingerprint density at radius 2 is 1.67 bits per heavy atom. The first-order valence-corrected chi connectivity index (χ1v) is 8.04. The zero-order valence-corrected chi connectivity index (χ0v) is 12.5. The van der Waals surface area contributed by atoms with Gasteiger partial charge in [0.1, 0.15) is 10.7 Å². The third kappa shape index (κ3) is 4.42. The molecule has 0 aliphatic carbocycles. The smallest absolute Gasteiger partial charge is 0.246 e. The van der Waals surface area contributed by atoms with Gasteiger partial charge in [0.15, 0.2) is 11.6 Å². The fourth-order valence-electron chi connectivity index (χ4n) is 1.84. The Bertz CT molecular complexity index is 578. The molecule has 120 valence electrons. The van der Waals surface area contributed by atoms with Gasteiger partial charge >= 0.3 is 0 Å². The summed E-state index contributed by atoms with van der Waals surface area (Å²) < 4.78 is 65.1. The number of halogens is 3. The minimum absolute atomic E-state index is 0.0785. The van der Waals surface area contributed by atoms with E-state index in [0.29, 0.717) is 12.5 Å². The molecule has 21 heavy (non-hydrogen) atoms. The van der Waals surface area contributed by atoms with Gasteiger partial charge in [-0.2, -0.15) is 4.31 Å². The Balaban J connectivity index is 3.13. The number of sulfonamides is 1. The zero-order valence-electron chi connectivity index (χ0n) is 11.7. The van der Waals surface area contributed by atoms with Crippen LogP contribution in [0.1, 0.15) is 26.2 Å². The molecule has 8 heteroatoms. The van der Waals surface area contributed by atoms with Gasteiger partial charge in [-0.3, -0.25) is 0 Å². The number of nitrogens with zero attached hydrogens (tertiary/aromatic N) is 1. The van der Waals surface area contributed by atoms with E-state index in [1.165, 1.54) is 0 Å². The number of unbranched alkanes of at least 4 members (excludes halogenated alkanes) is 2. The predicted octanol–water partition coefficient (Wildman–Crippen LogP) is 2.28. The van der Waals surface area contributed by atoms with Crippen LogP contribution in [-0.4, -0.2) is 37.5 Å². The molecule has 0 aliphatic heterocycles. The summed E-state index contributed by atoms with van der Waals surface area (Å²) >= 11 is 0. The summed E-state index contributed by atoms with van der Waals surface area (Å²) in [5, 5.41) is 8.94. The maximum atomic E-state index is 13.6. The SMILES string of the molecule is CCCCCN(CCO)S(=O)(=O)c1cc(F)c(F)cc1F. The molecular weight excluding hydrogens is 307 g/mol. The van der Waals surface area contributed by atoms with E-state index in [-0.39, 0.29) is 19.2 Å². The van der Waals surface area contributed by atoms with E-state index in [1.54, 1.807) is 0 Å². The maximum absolute atomic E-state index is 13.6. The molecule has 1 rings (SSSR count). The van der Waals surface area contributed by atoms with Gasteiger partial charge in [0, 0.05) is 19.2 Å². The van der Waals surface area contributed by atoms with Gasteiger partial charge in [-0.1, -0.05) is 19.8 Å². The molecular formula is C13H18F3NO3S. The summed E-state index contributed by atoms with van der Waals surface area (Å²) in [4.78, 5) is -0.925. The second kappa shape index (κ2) is 7.77. The van der Waals surface area contributed by atoms with Crippen LogP contribution in [0.3, 0.4) is 0 Å². The van der Waals surface area contributed by atoms with Crippen molar-refractivity contribution in [2.24, 2.45) is 0 Å². The Kier molecular flexibility index (Phi) is 6.63.